The Morgan fingerprint density at radius 1 is 1.21 bits per heavy atom. The predicted octanol–water partition coefficient (Wildman–Crippen LogP) is 2.23. The number of carbonyl (C=O) groups excluding carboxylic acids is 1. The third-order valence-corrected chi connectivity index (χ3v) is 5.70. The van der Waals surface area contributed by atoms with Gasteiger partial charge in [0.2, 0.25) is 5.91 Å². The van der Waals surface area contributed by atoms with Crippen molar-refractivity contribution in [3.05, 3.63) is 0 Å². The van der Waals surface area contributed by atoms with Crippen LogP contribution in [-0.4, -0.2) is 46.0 Å². The number of hydrogen-bond donors (Lipinski definition) is 1. The van der Waals surface area contributed by atoms with E-state index in [1.165, 1.54) is 0 Å². The second kappa shape index (κ2) is 6.64. The Morgan fingerprint density at radius 2 is 1.84 bits per heavy atom. The Balaban J connectivity index is 1.85. The Bertz CT molecular complexity index is 340. The predicted molar refractivity (Wildman–Crippen MR) is 76.2 cm³/mol. The first-order chi connectivity index (χ1) is 9.11. The van der Waals surface area contributed by atoms with Crippen molar-refractivity contribution in [3.8, 4) is 0 Å². The molecule has 1 aliphatic heterocycles. The highest BCUT2D eigenvalue weighted by Crippen LogP contribution is 2.31. The number of rotatable bonds is 3. The largest absolute Gasteiger partial charge is 0.481 e. The van der Waals surface area contributed by atoms with Crippen LogP contribution in [0.1, 0.15) is 39.0 Å². The Morgan fingerprint density at radius 3 is 2.42 bits per heavy atom. The second-order valence-corrected chi connectivity index (χ2v) is 6.98. The van der Waals surface area contributed by atoms with E-state index in [1.54, 1.807) is 0 Å². The molecule has 1 atom stereocenters. The number of amides is 1. The molecule has 1 unspecified atom stereocenters. The molecule has 0 aromatic carbocycles. The van der Waals surface area contributed by atoms with E-state index < -0.39 is 5.97 Å². The van der Waals surface area contributed by atoms with Gasteiger partial charge in [-0.3, -0.25) is 9.59 Å². The van der Waals surface area contributed by atoms with Crippen molar-refractivity contribution in [1.82, 2.24) is 4.90 Å². The highest BCUT2D eigenvalue weighted by Gasteiger charge is 2.33. The molecular weight excluding hydrogens is 262 g/mol. The summed E-state index contributed by atoms with van der Waals surface area (Å²) in [6.45, 7) is 3.90. The van der Waals surface area contributed by atoms with Crippen LogP contribution in [0.5, 0.6) is 0 Å². The van der Waals surface area contributed by atoms with Crippen LogP contribution in [0.2, 0.25) is 0 Å². The lowest BCUT2D eigenvalue weighted by Crippen LogP contribution is -2.45. The van der Waals surface area contributed by atoms with E-state index in [1.807, 2.05) is 16.7 Å². The summed E-state index contributed by atoms with van der Waals surface area (Å²) in [4.78, 5) is 25.4. The summed E-state index contributed by atoms with van der Waals surface area (Å²) in [5.74, 6) is 0.434. The Kier molecular flexibility index (Phi) is 5.13. The van der Waals surface area contributed by atoms with Gasteiger partial charge in [0.25, 0.3) is 0 Å². The second-order valence-electron chi connectivity index (χ2n) is 5.57. The van der Waals surface area contributed by atoms with Gasteiger partial charge in [-0.05, 0) is 32.1 Å². The molecule has 19 heavy (non-hydrogen) atoms. The average Bonchev–Trinajstić information content (AvgIpc) is 2.46. The fourth-order valence-electron chi connectivity index (χ4n) is 3.01. The molecule has 0 bridgehead atoms. The van der Waals surface area contributed by atoms with Crippen LogP contribution < -0.4 is 0 Å². The number of thioether (sulfide) groups is 1. The number of hydrogen-bond acceptors (Lipinski definition) is 3. The molecule has 5 heteroatoms. The highest BCUT2D eigenvalue weighted by atomic mass is 32.2. The van der Waals surface area contributed by atoms with Crippen molar-refractivity contribution in [3.63, 3.8) is 0 Å². The number of aliphatic carboxylic acids is 1. The van der Waals surface area contributed by atoms with E-state index in [0.717, 1.165) is 38.1 Å². The van der Waals surface area contributed by atoms with Gasteiger partial charge in [0.05, 0.1) is 5.92 Å². The van der Waals surface area contributed by atoms with E-state index in [2.05, 4.69) is 6.92 Å². The molecule has 108 valence electrons. The topological polar surface area (TPSA) is 57.6 Å². The van der Waals surface area contributed by atoms with E-state index >= 15 is 0 Å². The standard InChI is InChI=1S/C14H23NO3S/c1-2-12-9-15(7-8-19-12)13(16)10-3-5-11(6-4-10)14(17)18/h10-12H,2-9H2,1H3,(H,17,18). The van der Waals surface area contributed by atoms with Crippen molar-refractivity contribution in [1.29, 1.82) is 0 Å². The number of carbonyl (C=O) groups is 2. The van der Waals surface area contributed by atoms with Gasteiger partial charge in [0, 0.05) is 30.0 Å². The van der Waals surface area contributed by atoms with E-state index in [4.69, 9.17) is 5.11 Å². The minimum Gasteiger partial charge on any atom is -0.481 e. The first kappa shape index (κ1) is 14.7. The van der Waals surface area contributed by atoms with Gasteiger partial charge in [-0.25, -0.2) is 0 Å². The zero-order valence-corrected chi connectivity index (χ0v) is 12.3. The normalized spacial score (nSPS) is 32.1. The summed E-state index contributed by atoms with van der Waals surface area (Å²) in [5, 5.41) is 9.56. The van der Waals surface area contributed by atoms with Crippen LogP contribution in [-0.2, 0) is 9.59 Å². The lowest BCUT2D eigenvalue weighted by molar-refractivity contribution is -0.145. The first-order valence-electron chi connectivity index (χ1n) is 7.25. The van der Waals surface area contributed by atoms with Gasteiger partial charge in [-0.1, -0.05) is 6.92 Å². The van der Waals surface area contributed by atoms with Crippen LogP contribution in [0.3, 0.4) is 0 Å². The molecule has 0 aromatic heterocycles. The van der Waals surface area contributed by atoms with Crippen molar-refractivity contribution in [2.24, 2.45) is 11.8 Å². The average molecular weight is 285 g/mol. The van der Waals surface area contributed by atoms with Gasteiger partial charge in [0.1, 0.15) is 0 Å². The van der Waals surface area contributed by atoms with Gasteiger partial charge >= 0.3 is 5.97 Å². The third kappa shape index (κ3) is 3.65. The zero-order valence-electron chi connectivity index (χ0n) is 11.5. The third-order valence-electron chi connectivity index (χ3n) is 4.33. The number of nitrogens with zero attached hydrogens (tertiary/aromatic N) is 1. The quantitative estimate of drug-likeness (QED) is 0.864. The fraction of sp³-hybridized carbons (Fsp3) is 0.857. The Hall–Kier alpha value is -0.710. The number of carboxylic acid groups (broad SMARTS) is 1. The summed E-state index contributed by atoms with van der Waals surface area (Å²) < 4.78 is 0. The molecule has 4 nitrogen and oxygen atoms in total. The van der Waals surface area contributed by atoms with E-state index in [9.17, 15) is 9.59 Å². The maximum absolute atomic E-state index is 12.5. The molecule has 0 spiro atoms. The first-order valence-corrected chi connectivity index (χ1v) is 8.29. The maximum Gasteiger partial charge on any atom is 0.306 e. The molecule has 1 saturated heterocycles. The van der Waals surface area contributed by atoms with Gasteiger partial charge < -0.3 is 10.0 Å². The Labute approximate surface area is 118 Å². The van der Waals surface area contributed by atoms with Crippen LogP contribution >= 0.6 is 11.8 Å². The van der Waals surface area contributed by atoms with Crippen LogP contribution in [0.4, 0.5) is 0 Å². The van der Waals surface area contributed by atoms with Crippen molar-refractivity contribution in [2.45, 2.75) is 44.3 Å². The van der Waals surface area contributed by atoms with Crippen molar-refractivity contribution >= 4 is 23.6 Å². The molecule has 0 radical (unpaired) electrons. The van der Waals surface area contributed by atoms with Crippen LogP contribution in [0.25, 0.3) is 0 Å². The smallest absolute Gasteiger partial charge is 0.306 e. The minimum atomic E-state index is -0.702. The molecule has 1 heterocycles. The summed E-state index contributed by atoms with van der Waals surface area (Å²) in [6, 6.07) is 0. The summed E-state index contributed by atoms with van der Waals surface area (Å²) in [6.07, 6.45) is 3.92. The molecule has 1 saturated carbocycles. The van der Waals surface area contributed by atoms with Gasteiger partial charge in [0.15, 0.2) is 0 Å². The SMILES string of the molecule is CCC1CN(C(=O)C2CCC(C(=O)O)CC2)CCS1. The highest BCUT2D eigenvalue weighted by molar-refractivity contribution is 8.00. The molecular formula is C14H23NO3S. The molecule has 2 fully saturated rings. The molecule has 0 aromatic rings. The van der Waals surface area contributed by atoms with E-state index in [0.29, 0.717) is 18.1 Å². The lowest BCUT2D eigenvalue weighted by atomic mass is 9.81. The van der Waals surface area contributed by atoms with Gasteiger partial charge in [-0.15, -0.1) is 0 Å². The van der Waals surface area contributed by atoms with Crippen LogP contribution in [0, 0.1) is 11.8 Å². The van der Waals surface area contributed by atoms with Gasteiger partial charge in [-0.2, -0.15) is 11.8 Å². The maximum atomic E-state index is 12.5. The summed E-state index contributed by atoms with van der Waals surface area (Å²) in [7, 11) is 0. The molecule has 1 aliphatic carbocycles. The summed E-state index contributed by atoms with van der Waals surface area (Å²) >= 11 is 1.96. The fourth-order valence-corrected chi connectivity index (χ4v) is 4.19. The minimum absolute atomic E-state index is 0.0659. The molecule has 2 rings (SSSR count). The summed E-state index contributed by atoms with van der Waals surface area (Å²) in [5.41, 5.74) is 0. The molecule has 2 aliphatic rings. The molecule has 1 N–H and O–H groups in total. The number of carboxylic acids is 1. The lowest BCUT2D eigenvalue weighted by Gasteiger charge is -2.36. The van der Waals surface area contributed by atoms with Crippen molar-refractivity contribution in [2.75, 3.05) is 18.8 Å². The van der Waals surface area contributed by atoms with Crippen molar-refractivity contribution < 1.29 is 14.7 Å². The monoisotopic (exact) mass is 285 g/mol. The van der Waals surface area contributed by atoms with E-state index in [-0.39, 0.29) is 17.7 Å². The van der Waals surface area contributed by atoms with Crippen LogP contribution in [0.15, 0.2) is 0 Å². The zero-order chi connectivity index (χ0) is 13.8. The molecule has 1 amide bonds.